The second-order valence-electron chi connectivity index (χ2n) is 3.77. The van der Waals surface area contributed by atoms with Crippen LogP contribution >= 0.6 is 0 Å². The number of aromatic amines is 1. The SMILES string of the molecule is CC(NS(=O)(=O)c1ncccc1N)c1cn[nH]c1. The van der Waals surface area contributed by atoms with E-state index >= 15 is 0 Å². The van der Waals surface area contributed by atoms with Crippen LogP contribution in [0, 0.1) is 0 Å². The number of nitrogens with one attached hydrogen (secondary N) is 2. The van der Waals surface area contributed by atoms with E-state index in [1.165, 1.54) is 12.3 Å². The van der Waals surface area contributed by atoms with Crippen molar-refractivity contribution in [1.29, 1.82) is 0 Å². The molecule has 18 heavy (non-hydrogen) atoms. The molecule has 0 aliphatic carbocycles. The zero-order valence-electron chi connectivity index (χ0n) is 9.66. The molecule has 0 saturated heterocycles. The third-order valence-corrected chi connectivity index (χ3v) is 3.92. The van der Waals surface area contributed by atoms with Gasteiger partial charge in [0.15, 0.2) is 5.03 Å². The first-order valence-electron chi connectivity index (χ1n) is 5.22. The van der Waals surface area contributed by atoms with Crippen LogP contribution in [0.4, 0.5) is 5.69 Å². The molecule has 0 aromatic carbocycles. The Labute approximate surface area is 104 Å². The van der Waals surface area contributed by atoms with Gasteiger partial charge in [0, 0.05) is 24.0 Å². The summed E-state index contributed by atoms with van der Waals surface area (Å²) in [5, 5.41) is 6.22. The smallest absolute Gasteiger partial charge is 0.260 e. The quantitative estimate of drug-likeness (QED) is 0.743. The summed E-state index contributed by atoms with van der Waals surface area (Å²) in [5.74, 6) is 0. The van der Waals surface area contributed by atoms with Crippen LogP contribution < -0.4 is 10.5 Å². The molecule has 0 aliphatic heterocycles. The van der Waals surface area contributed by atoms with Gasteiger partial charge >= 0.3 is 0 Å². The Morgan fingerprint density at radius 3 is 2.89 bits per heavy atom. The van der Waals surface area contributed by atoms with Crippen LogP contribution in [-0.4, -0.2) is 23.6 Å². The lowest BCUT2D eigenvalue weighted by Gasteiger charge is -2.12. The van der Waals surface area contributed by atoms with Crippen molar-refractivity contribution in [3.63, 3.8) is 0 Å². The van der Waals surface area contributed by atoms with E-state index in [1.807, 2.05) is 0 Å². The molecule has 2 rings (SSSR count). The number of aromatic nitrogens is 3. The van der Waals surface area contributed by atoms with E-state index in [0.29, 0.717) is 0 Å². The second-order valence-corrected chi connectivity index (χ2v) is 5.40. The van der Waals surface area contributed by atoms with Crippen LogP contribution in [0.5, 0.6) is 0 Å². The summed E-state index contributed by atoms with van der Waals surface area (Å²) in [4.78, 5) is 3.79. The largest absolute Gasteiger partial charge is 0.396 e. The Bertz CT molecular complexity index is 623. The van der Waals surface area contributed by atoms with Gasteiger partial charge in [-0.05, 0) is 19.1 Å². The predicted octanol–water partition coefficient (Wildman–Crippen LogP) is 0.426. The zero-order valence-corrected chi connectivity index (χ0v) is 10.5. The summed E-state index contributed by atoms with van der Waals surface area (Å²) in [7, 11) is -3.74. The molecule has 0 fully saturated rings. The monoisotopic (exact) mass is 267 g/mol. The van der Waals surface area contributed by atoms with E-state index in [9.17, 15) is 8.42 Å². The maximum absolute atomic E-state index is 12.1. The van der Waals surface area contributed by atoms with E-state index in [1.54, 1.807) is 25.4 Å². The summed E-state index contributed by atoms with van der Waals surface area (Å²) in [6.07, 6.45) is 4.55. The number of H-pyrrole nitrogens is 1. The van der Waals surface area contributed by atoms with Gasteiger partial charge in [-0.25, -0.2) is 18.1 Å². The fraction of sp³-hybridized carbons (Fsp3) is 0.200. The Balaban J connectivity index is 2.26. The Hall–Kier alpha value is -1.93. The third kappa shape index (κ3) is 2.49. The number of nitrogens with zero attached hydrogens (tertiary/aromatic N) is 2. The number of anilines is 1. The van der Waals surface area contributed by atoms with E-state index in [4.69, 9.17) is 5.73 Å². The van der Waals surface area contributed by atoms with Gasteiger partial charge in [0.05, 0.1) is 11.9 Å². The first-order valence-corrected chi connectivity index (χ1v) is 6.70. The average Bonchev–Trinajstić information content (AvgIpc) is 2.82. The van der Waals surface area contributed by atoms with Gasteiger partial charge in [-0.1, -0.05) is 0 Å². The van der Waals surface area contributed by atoms with Crippen molar-refractivity contribution in [1.82, 2.24) is 19.9 Å². The molecular weight excluding hydrogens is 254 g/mol. The van der Waals surface area contributed by atoms with Crippen molar-refractivity contribution in [2.45, 2.75) is 18.0 Å². The van der Waals surface area contributed by atoms with E-state index in [-0.39, 0.29) is 10.7 Å². The molecule has 0 radical (unpaired) electrons. The Morgan fingerprint density at radius 2 is 2.28 bits per heavy atom. The van der Waals surface area contributed by atoms with Crippen molar-refractivity contribution in [2.75, 3.05) is 5.73 Å². The summed E-state index contributed by atoms with van der Waals surface area (Å²) in [5.41, 5.74) is 6.45. The fourth-order valence-corrected chi connectivity index (χ4v) is 2.77. The van der Waals surface area contributed by atoms with E-state index in [0.717, 1.165) is 5.56 Å². The molecule has 8 heteroatoms. The molecule has 2 aromatic heterocycles. The fourth-order valence-electron chi connectivity index (χ4n) is 1.48. The number of nitrogens with two attached hydrogens (primary N) is 1. The van der Waals surface area contributed by atoms with Gasteiger partial charge < -0.3 is 5.73 Å². The van der Waals surface area contributed by atoms with Crippen molar-refractivity contribution >= 4 is 15.7 Å². The molecule has 2 heterocycles. The zero-order chi connectivity index (χ0) is 13.2. The standard InChI is InChI=1S/C10H13N5O2S/c1-7(8-5-13-14-6-8)15-18(16,17)10-9(11)3-2-4-12-10/h2-7,15H,11H2,1H3,(H,13,14). The number of rotatable bonds is 4. The lowest BCUT2D eigenvalue weighted by atomic mass is 10.2. The molecule has 2 aromatic rings. The van der Waals surface area contributed by atoms with Gasteiger partial charge in [-0.3, -0.25) is 5.10 Å². The maximum atomic E-state index is 12.1. The topological polar surface area (TPSA) is 114 Å². The third-order valence-electron chi connectivity index (χ3n) is 2.41. The van der Waals surface area contributed by atoms with Gasteiger partial charge in [-0.15, -0.1) is 0 Å². The molecule has 4 N–H and O–H groups in total. The summed E-state index contributed by atoms with van der Waals surface area (Å²) in [6.45, 7) is 1.71. The summed E-state index contributed by atoms with van der Waals surface area (Å²) >= 11 is 0. The molecule has 96 valence electrons. The first kappa shape index (κ1) is 12.5. The van der Waals surface area contributed by atoms with Crippen LogP contribution in [0.3, 0.4) is 0 Å². The molecule has 1 unspecified atom stereocenters. The van der Waals surface area contributed by atoms with Crippen LogP contribution in [0.15, 0.2) is 35.7 Å². The van der Waals surface area contributed by atoms with E-state index in [2.05, 4.69) is 19.9 Å². The molecule has 7 nitrogen and oxygen atoms in total. The molecule has 0 aliphatic rings. The second kappa shape index (κ2) is 4.75. The molecule has 0 spiro atoms. The highest BCUT2D eigenvalue weighted by atomic mass is 32.2. The Kier molecular flexibility index (Phi) is 3.30. The van der Waals surface area contributed by atoms with Crippen molar-refractivity contribution in [2.24, 2.45) is 0 Å². The number of nitrogen functional groups attached to an aromatic ring is 1. The van der Waals surface area contributed by atoms with Gasteiger partial charge in [0.1, 0.15) is 0 Å². The van der Waals surface area contributed by atoms with Crippen molar-refractivity contribution in [3.8, 4) is 0 Å². The lowest BCUT2D eigenvalue weighted by molar-refractivity contribution is 0.564. The molecule has 0 amide bonds. The van der Waals surface area contributed by atoms with Gasteiger partial charge in [-0.2, -0.15) is 5.10 Å². The molecule has 0 bridgehead atoms. The average molecular weight is 267 g/mol. The van der Waals surface area contributed by atoms with Crippen LogP contribution in [0.25, 0.3) is 0 Å². The minimum atomic E-state index is -3.74. The predicted molar refractivity (Wildman–Crippen MR) is 66.0 cm³/mol. The Morgan fingerprint density at radius 1 is 1.50 bits per heavy atom. The first-order chi connectivity index (χ1) is 8.50. The highest BCUT2D eigenvalue weighted by molar-refractivity contribution is 7.89. The van der Waals surface area contributed by atoms with Gasteiger partial charge in [0.2, 0.25) is 0 Å². The molecule has 1 atom stereocenters. The maximum Gasteiger partial charge on any atom is 0.260 e. The van der Waals surface area contributed by atoms with Crippen LogP contribution in [-0.2, 0) is 10.0 Å². The number of sulfonamides is 1. The van der Waals surface area contributed by atoms with Gasteiger partial charge in [0.25, 0.3) is 10.0 Å². The van der Waals surface area contributed by atoms with Crippen LogP contribution in [0.1, 0.15) is 18.5 Å². The van der Waals surface area contributed by atoms with Crippen molar-refractivity contribution < 1.29 is 8.42 Å². The number of pyridine rings is 1. The molecule has 0 saturated carbocycles. The van der Waals surface area contributed by atoms with Crippen molar-refractivity contribution in [3.05, 3.63) is 36.3 Å². The minimum Gasteiger partial charge on any atom is -0.396 e. The van der Waals surface area contributed by atoms with E-state index < -0.39 is 16.1 Å². The summed E-state index contributed by atoms with van der Waals surface area (Å²) < 4.78 is 26.6. The summed E-state index contributed by atoms with van der Waals surface area (Å²) in [6, 6.07) is 2.65. The normalized spacial score (nSPS) is 13.4. The number of hydrogen-bond donors (Lipinski definition) is 3. The van der Waals surface area contributed by atoms with Crippen LogP contribution in [0.2, 0.25) is 0 Å². The number of hydrogen-bond acceptors (Lipinski definition) is 5. The molecular formula is C10H13N5O2S. The highest BCUT2D eigenvalue weighted by Crippen LogP contribution is 2.18. The highest BCUT2D eigenvalue weighted by Gasteiger charge is 2.22. The minimum absolute atomic E-state index is 0.115. The lowest BCUT2D eigenvalue weighted by Crippen LogP contribution is -2.28.